The average Bonchev–Trinajstić information content (AvgIpc) is 2.66. The number of carbonyl (C=O) groups is 1. The van der Waals surface area contributed by atoms with Crippen LogP contribution < -0.4 is 5.32 Å². The van der Waals surface area contributed by atoms with Gasteiger partial charge in [-0.3, -0.25) is 5.32 Å². The molecule has 0 atom stereocenters. The lowest BCUT2D eigenvalue weighted by molar-refractivity contribution is 0.209. The Morgan fingerprint density at radius 2 is 1.94 bits per heavy atom. The smallest absolute Gasteiger partial charge is 0.411 e. The predicted octanol–water partition coefficient (Wildman–Crippen LogP) is 1.27. The lowest BCUT2D eigenvalue weighted by atomic mass is 10.2. The number of hydrogen-bond donors (Lipinski definition) is 4. The molecule has 7 heteroatoms. The van der Waals surface area contributed by atoms with Crippen molar-refractivity contribution in [3.8, 4) is 17.1 Å². The third-order valence-corrected chi connectivity index (χ3v) is 1.85. The van der Waals surface area contributed by atoms with Gasteiger partial charge in [-0.05, 0) is 24.3 Å². The van der Waals surface area contributed by atoms with Crippen LogP contribution in [0.2, 0.25) is 0 Å². The summed E-state index contributed by atoms with van der Waals surface area (Å²) in [6.07, 6.45) is -1.21. The molecule has 4 N–H and O–H groups in total. The molecule has 0 saturated heterocycles. The van der Waals surface area contributed by atoms with E-state index in [4.69, 9.17) is 10.2 Å². The highest BCUT2D eigenvalue weighted by Gasteiger charge is 2.06. The van der Waals surface area contributed by atoms with Crippen LogP contribution in [-0.4, -0.2) is 31.5 Å². The standard InChI is InChI=1S/C9H8N4O3/c14-6-3-1-5(2-4-6)7-10-8(13-12-7)11-9(15)16/h1-4,14H,(H,15,16)(H2,10,11,12,13). The molecule has 0 aliphatic heterocycles. The molecule has 0 bridgehead atoms. The maximum Gasteiger partial charge on any atom is 0.411 e. The van der Waals surface area contributed by atoms with Gasteiger partial charge < -0.3 is 15.2 Å². The third kappa shape index (κ3) is 2.08. The Labute approximate surface area is 89.8 Å². The number of amides is 1. The maximum absolute atomic E-state index is 10.3. The van der Waals surface area contributed by atoms with E-state index in [1.807, 2.05) is 5.32 Å². The van der Waals surface area contributed by atoms with Gasteiger partial charge in [-0.1, -0.05) is 0 Å². The van der Waals surface area contributed by atoms with Crippen LogP contribution in [0, 0.1) is 0 Å². The van der Waals surface area contributed by atoms with Crippen LogP contribution in [0.15, 0.2) is 24.3 Å². The summed E-state index contributed by atoms with van der Waals surface area (Å²) in [7, 11) is 0. The molecule has 0 aliphatic carbocycles. The minimum Gasteiger partial charge on any atom is -0.508 e. The van der Waals surface area contributed by atoms with Gasteiger partial charge in [0, 0.05) is 5.56 Å². The SMILES string of the molecule is O=C(O)Nc1nnc(-c2ccc(O)cc2)[nH]1. The van der Waals surface area contributed by atoms with Gasteiger partial charge in [-0.15, -0.1) is 10.2 Å². The molecule has 0 saturated carbocycles. The fourth-order valence-corrected chi connectivity index (χ4v) is 1.17. The Morgan fingerprint density at radius 1 is 1.25 bits per heavy atom. The Balaban J connectivity index is 2.24. The Bertz CT molecular complexity index is 506. The summed E-state index contributed by atoms with van der Waals surface area (Å²) in [5.41, 5.74) is 0.698. The summed E-state index contributed by atoms with van der Waals surface area (Å²) in [6, 6.07) is 6.28. The number of benzene rings is 1. The van der Waals surface area contributed by atoms with Crippen molar-refractivity contribution in [3.05, 3.63) is 24.3 Å². The number of hydrogen-bond acceptors (Lipinski definition) is 4. The highest BCUT2D eigenvalue weighted by atomic mass is 16.4. The Kier molecular flexibility index (Phi) is 2.42. The van der Waals surface area contributed by atoms with Crippen LogP contribution in [-0.2, 0) is 0 Å². The molecule has 1 heterocycles. The molecule has 0 radical (unpaired) electrons. The lowest BCUT2D eigenvalue weighted by Gasteiger charge is -1.95. The molecule has 0 spiro atoms. The minimum absolute atomic E-state index is 0.0515. The van der Waals surface area contributed by atoms with Crippen molar-refractivity contribution >= 4 is 12.0 Å². The van der Waals surface area contributed by atoms with Crippen LogP contribution in [0.4, 0.5) is 10.7 Å². The molecule has 0 aliphatic rings. The number of nitrogens with one attached hydrogen (secondary N) is 2. The van der Waals surface area contributed by atoms with Crippen LogP contribution >= 0.6 is 0 Å². The average molecular weight is 220 g/mol. The number of H-pyrrole nitrogens is 1. The minimum atomic E-state index is -1.21. The van der Waals surface area contributed by atoms with E-state index in [-0.39, 0.29) is 11.7 Å². The van der Waals surface area contributed by atoms with Crippen molar-refractivity contribution in [1.82, 2.24) is 15.2 Å². The molecule has 7 nitrogen and oxygen atoms in total. The first-order valence-electron chi connectivity index (χ1n) is 4.37. The zero-order valence-electron chi connectivity index (χ0n) is 8.01. The number of aromatic nitrogens is 3. The summed E-state index contributed by atoms with van der Waals surface area (Å²) in [4.78, 5) is 13.0. The van der Waals surface area contributed by atoms with Crippen LogP contribution in [0.1, 0.15) is 0 Å². The first-order valence-corrected chi connectivity index (χ1v) is 4.37. The van der Waals surface area contributed by atoms with Crippen LogP contribution in [0.25, 0.3) is 11.4 Å². The molecule has 0 fully saturated rings. The van der Waals surface area contributed by atoms with Gasteiger partial charge in [0.05, 0.1) is 0 Å². The van der Waals surface area contributed by atoms with Gasteiger partial charge in [0.2, 0.25) is 5.95 Å². The van der Waals surface area contributed by atoms with Gasteiger partial charge in [0.15, 0.2) is 5.82 Å². The molecule has 2 aromatic rings. The number of anilines is 1. The number of rotatable bonds is 2. The zero-order valence-corrected chi connectivity index (χ0v) is 8.01. The maximum atomic E-state index is 10.3. The van der Waals surface area contributed by atoms with E-state index in [1.165, 1.54) is 12.1 Å². The second-order valence-corrected chi connectivity index (χ2v) is 3.00. The molecule has 82 valence electrons. The number of aromatic amines is 1. The van der Waals surface area contributed by atoms with E-state index < -0.39 is 6.09 Å². The van der Waals surface area contributed by atoms with Gasteiger partial charge >= 0.3 is 6.09 Å². The topological polar surface area (TPSA) is 111 Å². The summed E-state index contributed by atoms with van der Waals surface area (Å²) in [6.45, 7) is 0. The van der Waals surface area contributed by atoms with Crippen molar-refractivity contribution in [2.75, 3.05) is 5.32 Å². The molecule has 2 rings (SSSR count). The fraction of sp³-hybridized carbons (Fsp3) is 0. The number of aromatic hydroxyl groups is 1. The van der Waals surface area contributed by atoms with Crippen molar-refractivity contribution in [3.63, 3.8) is 0 Å². The second-order valence-electron chi connectivity index (χ2n) is 3.00. The summed E-state index contributed by atoms with van der Waals surface area (Å²) >= 11 is 0. The molecule has 1 aromatic carbocycles. The molecule has 16 heavy (non-hydrogen) atoms. The molecule has 1 amide bonds. The van der Waals surface area contributed by atoms with Gasteiger partial charge in [-0.25, -0.2) is 4.79 Å². The van der Waals surface area contributed by atoms with E-state index in [0.29, 0.717) is 11.4 Å². The van der Waals surface area contributed by atoms with E-state index in [9.17, 15) is 4.79 Å². The molecular formula is C9H8N4O3. The van der Waals surface area contributed by atoms with Crippen molar-refractivity contribution in [1.29, 1.82) is 0 Å². The normalized spacial score (nSPS) is 10.0. The largest absolute Gasteiger partial charge is 0.508 e. The van der Waals surface area contributed by atoms with E-state index >= 15 is 0 Å². The van der Waals surface area contributed by atoms with Crippen molar-refractivity contribution in [2.45, 2.75) is 0 Å². The molecule has 1 aromatic heterocycles. The highest BCUT2D eigenvalue weighted by molar-refractivity contribution is 5.80. The molecule has 0 unspecified atom stereocenters. The first-order chi connectivity index (χ1) is 7.65. The number of phenols is 1. The zero-order chi connectivity index (χ0) is 11.5. The third-order valence-electron chi connectivity index (χ3n) is 1.85. The second kappa shape index (κ2) is 3.89. The quantitative estimate of drug-likeness (QED) is 0.608. The summed E-state index contributed by atoms with van der Waals surface area (Å²) < 4.78 is 0. The van der Waals surface area contributed by atoms with E-state index in [1.54, 1.807) is 12.1 Å². The monoisotopic (exact) mass is 220 g/mol. The van der Waals surface area contributed by atoms with Gasteiger partial charge in [-0.2, -0.15) is 0 Å². The fourth-order valence-electron chi connectivity index (χ4n) is 1.17. The lowest BCUT2D eigenvalue weighted by Crippen LogP contribution is -2.08. The van der Waals surface area contributed by atoms with E-state index in [0.717, 1.165) is 0 Å². The van der Waals surface area contributed by atoms with Crippen molar-refractivity contribution in [2.24, 2.45) is 0 Å². The van der Waals surface area contributed by atoms with Crippen LogP contribution in [0.3, 0.4) is 0 Å². The van der Waals surface area contributed by atoms with Crippen LogP contribution in [0.5, 0.6) is 5.75 Å². The number of carboxylic acid groups (broad SMARTS) is 1. The summed E-state index contributed by atoms with van der Waals surface area (Å²) in [5, 5.41) is 26.9. The molecular weight excluding hydrogens is 212 g/mol. The van der Waals surface area contributed by atoms with Gasteiger partial charge in [0.25, 0.3) is 0 Å². The number of phenolic OH excluding ortho intramolecular Hbond substituents is 1. The number of nitrogens with zero attached hydrogens (tertiary/aromatic N) is 2. The Morgan fingerprint density at radius 3 is 2.56 bits per heavy atom. The first kappa shape index (κ1) is 9.97. The Hall–Kier alpha value is -2.57. The highest BCUT2D eigenvalue weighted by Crippen LogP contribution is 2.18. The summed E-state index contributed by atoms with van der Waals surface area (Å²) in [5.74, 6) is 0.617. The predicted molar refractivity (Wildman–Crippen MR) is 55.1 cm³/mol. The van der Waals surface area contributed by atoms with E-state index in [2.05, 4.69) is 15.2 Å². The van der Waals surface area contributed by atoms with Gasteiger partial charge in [0.1, 0.15) is 5.75 Å². The van der Waals surface area contributed by atoms with Crippen molar-refractivity contribution < 1.29 is 15.0 Å².